The molecule has 0 atom stereocenters. The number of carbonyl (C=O) groups is 2. The Bertz CT molecular complexity index is 1330. The lowest BCUT2D eigenvalue weighted by molar-refractivity contribution is -0.124. The molecule has 0 bridgehead atoms. The third-order valence-corrected chi connectivity index (χ3v) is 6.45. The van der Waals surface area contributed by atoms with Crippen LogP contribution in [0.15, 0.2) is 48.5 Å². The third-order valence-electron chi connectivity index (χ3n) is 6.45. The van der Waals surface area contributed by atoms with Crippen LogP contribution in [0.2, 0.25) is 0 Å². The number of imidazole rings is 1. The van der Waals surface area contributed by atoms with Crippen LogP contribution >= 0.6 is 0 Å². The molecule has 0 radical (unpaired) electrons. The van der Waals surface area contributed by atoms with Crippen molar-refractivity contribution in [3.8, 4) is 11.5 Å². The van der Waals surface area contributed by atoms with Crippen LogP contribution in [0.25, 0.3) is 33.5 Å². The number of aromatic nitrogens is 3. The number of nitrogens with one attached hydrogen (secondary N) is 2. The molecule has 2 aromatic heterocycles. The number of hydrogen-bond acceptors (Lipinski definition) is 4. The SMILES string of the molecule is CCn1c(-c2nc3cc(C(=O)NC(=O)C4CCNCC4)ccc3n2C)cc2ccccc21. The van der Waals surface area contributed by atoms with E-state index < -0.39 is 0 Å². The van der Waals surface area contributed by atoms with E-state index in [1.54, 1.807) is 12.1 Å². The van der Waals surface area contributed by atoms with Crippen LogP contribution in [-0.4, -0.2) is 39.0 Å². The second-order valence-corrected chi connectivity index (χ2v) is 8.37. The van der Waals surface area contributed by atoms with E-state index in [2.05, 4.69) is 44.9 Å². The highest BCUT2D eigenvalue weighted by molar-refractivity contribution is 6.06. The summed E-state index contributed by atoms with van der Waals surface area (Å²) in [5, 5.41) is 6.98. The Hall–Kier alpha value is -3.45. The zero-order valence-electron chi connectivity index (χ0n) is 18.4. The second kappa shape index (κ2) is 8.24. The maximum absolute atomic E-state index is 12.7. The number of carbonyl (C=O) groups excluding carboxylic acids is 2. The molecule has 5 rings (SSSR count). The van der Waals surface area contributed by atoms with Gasteiger partial charge in [0.15, 0.2) is 5.82 Å². The Labute approximate surface area is 186 Å². The van der Waals surface area contributed by atoms with Crippen molar-refractivity contribution < 1.29 is 9.59 Å². The summed E-state index contributed by atoms with van der Waals surface area (Å²) in [7, 11) is 1.99. The van der Waals surface area contributed by atoms with Crippen molar-refractivity contribution >= 4 is 33.8 Å². The van der Waals surface area contributed by atoms with Gasteiger partial charge in [0, 0.05) is 36.0 Å². The molecule has 7 heteroatoms. The smallest absolute Gasteiger partial charge is 0.257 e. The van der Waals surface area contributed by atoms with Gasteiger partial charge in [0.2, 0.25) is 5.91 Å². The predicted molar refractivity (Wildman–Crippen MR) is 125 cm³/mol. The molecule has 7 nitrogen and oxygen atoms in total. The van der Waals surface area contributed by atoms with Crippen LogP contribution in [0.1, 0.15) is 30.1 Å². The van der Waals surface area contributed by atoms with E-state index in [1.807, 2.05) is 25.2 Å². The molecule has 2 N–H and O–H groups in total. The van der Waals surface area contributed by atoms with Gasteiger partial charge in [-0.25, -0.2) is 4.98 Å². The molecule has 2 amide bonds. The fraction of sp³-hybridized carbons (Fsp3) is 0.320. The zero-order chi connectivity index (χ0) is 22.2. The number of nitrogens with zero attached hydrogens (tertiary/aromatic N) is 3. The summed E-state index contributed by atoms with van der Waals surface area (Å²) < 4.78 is 4.30. The van der Waals surface area contributed by atoms with Gasteiger partial charge in [0.05, 0.1) is 16.7 Å². The maximum Gasteiger partial charge on any atom is 0.257 e. The minimum Gasteiger partial charge on any atom is -0.338 e. The summed E-state index contributed by atoms with van der Waals surface area (Å²) in [6, 6.07) is 15.9. The van der Waals surface area contributed by atoms with Crippen LogP contribution < -0.4 is 10.6 Å². The lowest BCUT2D eigenvalue weighted by Gasteiger charge is -2.21. The summed E-state index contributed by atoms with van der Waals surface area (Å²) in [6.45, 7) is 4.58. The van der Waals surface area contributed by atoms with E-state index in [1.165, 1.54) is 10.9 Å². The Morgan fingerprint density at radius 1 is 1.09 bits per heavy atom. The molecule has 0 unspecified atom stereocenters. The number of piperidine rings is 1. The molecule has 3 heterocycles. The Morgan fingerprint density at radius 2 is 1.88 bits per heavy atom. The van der Waals surface area contributed by atoms with E-state index in [0.29, 0.717) is 5.56 Å². The minimum atomic E-state index is -0.370. The van der Waals surface area contributed by atoms with Gasteiger partial charge in [-0.05, 0) is 63.2 Å². The first-order chi connectivity index (χ1) is 15.6. The molecule has 0 spiro atoms. The van der Waals surface area contributed by atoms with Crippen molar-refractivity contribution in [2.75, 3.05) is 13.1 Å². The van der Waals surface area contributed by atoms with Gasteiger partial charge in [-0.15, -0.1) is 0 Å². The number of hydrogen-bond donors (Lipinski definition) is 2. The fourth-order valence-corrected chi connectivity index (χ4v) is 4.68. The average molecular weight is 430 g/mol. The van der Waals surface area contributed by atoms with Crippen LogP contribution in [0, 0.1) is 5.92 Å². The quantitative estimate of drug-likeness (QED) is 0.487. The van der Waals surface area contributed by atoms with E-state index in [-0.39, 0.29) is 17.7 Å². The van der Waals surface area contributed by atoms with Gasteiger partial charge < -0.3 is 14.5 Å². The predicted octanol–water partition coefficient (Wildman–Crippen LogP) is 3.47. The molecule has 4 aromatic rings. The molecule has 2 aromatic carbocycles. The summed E-state index contributed by atoms with van der Waals surface area (Å²) in [4.78, 5) is 30.1. The van der Waals surface area contributed by atoms with E-state index >= 15 is 0 Å². The highest BCUT2D eigenvalue weighted by atomic mass is 16.2. The number of para-hydroxylation sites is 1. The molecule has 164 valence electrons. The van der Waals surface area contributed by atoms with Gasteiger partial charge in [-0.1, -0.05) is 18.2 Å². The maximum atomic E-state index is 12.7. The molecule has 1 aliphatic heterocycles. The zero-order valence-corrected chi connectivity index (χ0v) is 18.4. The first kappa shape index (κ1) is 20.5. The van der Waals surface area contributed by atoms with Gasteiger partial charge in [-0.3, -0.25) is 14.9 Å². The lowest BCUT2D eigenvalue weighted by Crippen LogP contribution is -2.40. The molecule has 32 heavy (non-hydrogen) atoms. The van der Waals surface area contributed by atoms with Gasteiger partial charge in [0.25, 0.3) is 5.91 Å². The lowest BCUT2D eigenvalue weighted by atomic mass is 9.97. The van der Waals surface area contributed by atoms with Crippen LogP contribution in [-0.2, 0) is 18.4 Å². The average Bonchev–Trinajstić information content (AvgIpc) is 3.36. The number of imide groups is 1. The van der Waals surface area contributed by atoms with Gasteiger partial charge in [-0.2, -0.15) is 0 Å². The molecule has 0 aliphatic carbocycles. The van der Waals surface area contributed by atoms with Crippen molar-refractivity contribution in [2.45, 2.75) is 26.3 Å². The molecular weight excluding hydrogens is 402 g/mol. The Balaban J connectivity index is 1.47. The van der Waals surface area contributed by atoms with E-state index in [0.717, 1.165) is 55.0 Å². The number of fused-ring (bicyclic) bond motifs is 2. The number of rotatable bonds is 4. The van der Waals surface area contributed by atoms with Crippen molar-refractivity contribution in [3.05, 3.63) is 54.1 Å². The monoisotopic (exact) mass is 429 g/mol. The normalized spacial score (nSPS) is 14.8. The van der Waals surface area contributed by atoms with Gasteiger partial charge in [0.1, 0.15) is 0 Å². The largest absolute Gasteiger partial charge is 0.338 e. The van der Waals surface area contributed by atoms with Crippen molar-refractivity contribution in [1.29, 1.82) is 0 Å². The molecule has 1 saturated heterocycles. The third kappa shape index (κ3) is 3.48. The topological polar surface area (TPSA) is 80.9 Å². The molecular formula is C25H27N5O2. The highest BCUT2D eigenvalue weighted by Crippen LogP contribution is 2.30. The van der Waals surface area contributed by atoms with Crippen molar-refractivity contribution in [2.24, 2.45) is 13.0 Å². The molecule has 1 aliphatic rings. The number of aryl methyl sites for hydroxylation is 2. The Morgan fingerprint density at radius 3 is 2.66 bits per heavy atom. The number of benzene rings is 2. The van der Waals surface area contributed by atoms with Crippen LogP contribution in [0.5, 0.6) is 0 Å². The summed E-state index contributed by atoms with van der Waals surface area (Å²) in [6.07, 6.45) is 1.51. The summed E-state index contributed by atoms with van der Waals surface area (Å²) in [5.41, 5.74) is 4.33. The first-order valence-electron chi connectivity index (χ1n) is 11.2. The van der Waals surface area contributed by atoms with Crippen LogP contribution in [0.4, 0.5) is 0 Å². The summed E-state index contributed by atoms with van der Waals surface area (Å²) >= 11 is 0. The number of amides is 2. The first-order valence-corrected chi connectivity index (χ1v) is 11.2. The van der Waals surface area contributed by atoms with E-state index in [4.69, 9.17) is 4.98 Å². The Kier molecular flexibility index (Phi) is 5.27. The highest BCUT2D eigenvalue weighted by Gasteiger charge is 2.23. The molecule has 1 fully saturated rings. The fourth-order valence-electron chi connectivity index (χ4n) is 4.68. The molecule has 0 saturated carbocycles. The van der Waals surface area contributed by atoms with Gasteiger partial charge >= 0.3 is 0 Å². The second-order valence-electron chi connectivity index (χ2n) is 8.37. The standard InChI is InChI=1S/C25H27N5O2/c1-3-30-20-7-5-4-6-17(20)15-22(30)23-27-19-14-18(8-9-21(19)29(23)2)25(32)28-24(31)16-10-12-26-13-11-16/h4-9,14-16,26H,3,10-13H2,1-2H3,(H,28,31,32). The minimum absolute atomic E-state index is 0.110. The van der Waals surface area contributed by atoms with Crippen molar-refractivity contribution in [3.63, 3.8) is 0 Å². The summed E-state index contributed by atoms with van der Waals surface area (Å²) in [5.74, 6) is 0.179. The van der Waals surface area contributed by atoms with E-state index in [9.17, 15) is 9.59 Å². The van der Waals surface area contributed by atoms with Crippen LogP contribution in [0.3, 0.4) is 0 Å². The van der Waals surface area contributed by atoms with Crippen molar-refractivity contribution in [1.82, 2.24) is 24.8 Å².